The van der Waals surface area contributed by atoms with Crippen molar-refractivity contribution in [2.75, 3.05) is 36.5 Å². The van der Waals surface area contributed by atoms with Crippen molar-refractivity contribution in [3.05, 3.63) is 86.6 Å². The Kier molecular flexibility index (Phi) is 7.63. The standard InChI is InChI=1S/C24H22Cl3FN2O2/c25-18-2-6-24(32-15-16-1-3-19(28)12-21(16)26)17(11-18)14-29-20-4-5-23(22(27)13-20)30-7-9-31-10-8-30/h1-6,11-13,29H,7-10,14-15H2. The van der Waals surface area contributed by atoms with E-state index in [1.165, 1.54) is 12.1 Å². The van der Waals surface area contributed by atoms with Gasteiger partial charge in [-0.3, -0.25) is 0 Å². The lowest BCUT2D eigenvalue weighted by Gasteiger charge is -2.29. The van der Waals surface area contributed by atoms with Crippen LogP contribution in [-0.2, 0) is 17.9 Å². The van der Waals surface area contributed by atoms with Gasteiger partial charge in [0.25, 0.3) is 0 Å². The molecule has 0 amide bonds. The van der Waals surface area contributed by atoms with Crippen LogP contribution in [0.3, 0.4) is 0 Å². The van der Waals surface area contributed by atoms with Crippen LogP contribution in [0.25, 0.3) is 0 Å². The Labute approximate surface area is 201 Å². The number of ether oxygens (including phenoxy) is 2. The van der Waals surface area contributed by atoms with Crippen LogP contribution in [0.2, 0.25) is 15.1 Å². The summed E-state index contributed by atoms with van der Waals surface area (Å²) in [5, 5.41) is 4.99. The molecule has 0 aliphatic carbocycles. The van der Waals surface area contributed by atoms with Crippen LogP contribution in [0.1, 0.15) is 11.1 Å². The molecule has 1 fully saturated rings. The number of anilines is 2. The molecular weight excluding hydrogens is 474 g/mol. The van der Waals surface area contributed by atoms with Crippen LogP contribution in [0.4, 0.5) is 15.8 Å². The minimum Gasteiger partial charge on any atom is -0.488 e. The molecule has 168 valence electrons. The van der Waals surface area contributed by atoms with Gasteiger partial charge in [0, 0.05) is 41.5 Å². The highest BCUT2D eigenvalue weighted by Gasteiger charge is 2.15. The largest absolute Gasteiger partial charge is 0.488 e. The second-order valence-corrected chi connectivity index (χ2v) is 8.65. The molecule has 0 atom stereocenters. The maximum absolute atomic E-state index is 13.3. The Morgan fingerprint density at radius 2 is 1.72 bits per heavy atom. The Morgan fingerprint density at radius 1 is 0.906 bits per heavy atom. The first kappa shape index (κ1) is 23.0. The van der Waals surface area contributed by atoms with E-state index in [4.69, 9.17) is 44.3 Å². The predicted octanol–water partition coefficient (Wildman–Crippen LogP) is 6.81. The second-order valence-electron chi connectivity index (χ2n) is 7.40. The maximum atomic E-state index is 13.3. The molecule has 0 saturated carbocycles. The Hall–Kier alpha value is -2.18. The Morgan fingerprint density at radius 3 is 2.47 bits per heavy atom. The van der Waals surface area contributed by atoms with Gasteiger partial charge in [-0.25, -0.2) is 4.39 Å². The summed E-state index contributed by atoms with van der Waals surface area (Å²) in [6.45, 7) is 3.77. The predicted molar refractivity (Wildman–Crippen MR) is 129 cm³/mol. The third-order valence-electron chi connectivity index (χ3n) is 5.20. The summed E-state index contributed by atoms with van der Waals surface area (Å²) in [7, 11) is 0. The molecule has 32 heavy (non-hydrogen) atoms. The van der Waals surface area contributed by atoms with E-state index < -0.39 is 0 Å². The molecule has 0 aromatic heterocycles. The number of benzene rings is 3. The van der Waals surface area contributed by atoms with Crippen LogP contribution in [-0.4, -0.2) is 26.3 Å². The van der Waals surface area contributed by atoms with E-state index in [0.717, 1.165) is 30.0 Å². The molecule has 0 bridgehead atoms. The minimum atomic E-state index is -0.381. The summed E-state index contributed by atoms with van der Waals surface area (Å²) in [6, 6.07) is 15.6. The van der Waals surface area contributed by atoms with Crippen molar-refractivity contribution in [2.45, 2.75) is 13.2 Å². The average molecular weight is 496 g/mol. The number of nitrogens with one attached hydrogen (secondary N) is 1. The van der Waals surface area contributed by atoms with Gasteiger partial charge in [0.05, 0.1) is 28.9 Å². The topological polar surface area (TPSA) is 33.7 Å². The number of nitrogens with zero attached hydrogens (tertiary/aromatic N) is 1. The number of halogens is 4. The second kappa shape index (κ2) is 10.6. The van der Waals surface area contributed by atoms with Crippen molar-refractivity contribution >= 4 is 46.2 Å². The number of hydrogen-bond donors (Lipinski definition) is 1. The molecule has 1 saturated heterocycles. The molecule has 3 aromatic rings. The van der Waals surface area contributed by atoms with Crippen LogP contribution in [0, 0.1) is 5.82 Å². The fourth-order valence-electron chi connectivity index (χ4n) is 3.50. The molecule has 0 radical (unpaired) electrons. The third kappa shape index (κ3) is 5.78. The van der Waals surface area contributed by atoms with E-state index in [2.05, 4.69) is 10.2 Å². The molecule has 0 unspecified atom stereocenters. The molecule has 4 nitrogen and oxygen atoms in total. The third-order valence-corrected chi connectivity index (χ3v) is 6.09. The summed E-state index contributed by atoms with van der Waals surface area (Å²) in [6.07, 6.45) is 0. The number of hydrogen-bond acceptors (Lipinski definition) is 4. The van der Waals surface area contributed by atoms with Crippen molar-refractivity contribution in [1.82, 2.24) is 0 Å². The van der Waals surface area contributed by atoms with E-state index in [9.17, 15) is 4.39 Å². The van der Waals surface area contributed by atoms with E-state index in [0.29, 0.717) is 46.1 Å². The highest BCUT2D eigenvalue weighted by Crippen LogP contribution is 2.31. The van der Waals surface area contributed by atoms with Crippen LogP contribution in [0.5, 0.6) is 5.75 Å². The summed E-state index contributed by atoms with van der Waals surface area (Å²) in [5.41, 5.74) is 3.47. The number of morpholine rings is 1. The van der Waals surface area contributed by atoms with E-state index in [1.807, 2.05) is 30.3 Å². The zero-order chi connectivity index (χ0) is 22.5. The lowest BCUT2D eigenvalue weighted by Crippen LogP contribution is -2.36. The highest BCUT2D eigenvalue weighted by molar-refractivity contribution is 6.33. The van der Waals surface area contributed by atoms with Gasteiger partial charge in [0.1, 0.15) is 18.2 Å². The minimum absolute atomic E-state index is 0.216. The first-order valence-electron chi connectivity index (χ1n) is 10.2. The molecule has 3 aromatic carbocycles. The summed E-state index contributed by atoms with van der Waals surface area (Å²) in [5.74, 6) is 0.284. The summed E-state index contributed by atoms with van der Waals surface area (Å²) >= 11 is 18.9. The Balaban J connectivity index is 1.43. The van der Waals surface area contributed by atoms with E-state index in [-0.39, 0.29) is 12.4 Å². The molecule has 0 spiro atoms. The van der Waals surface area contributed by atoms with Crippen LogP contribution >= 0.6 is 34.8 Å². The molecular formula is C24H22Cl3FN2O2. The first-order valence-corrected chi connectivity index (χ1v) is 11.3. The molecule has 1 heterocycles. The van der Waals surface area contributed by atoms with Crippen molar-refractivity contribution in [2.24, 2.45) is 0 Å². The highest BCUT2D eigenvalue weighted by atomic mass is 35.5. The van der Waals surface area contributed by atoms with Gasteiger partial charge >= 0.3 is 0 Å². The lowest BCUT2D eigenvalue weighted by molar-refractivity contribution is 0.122. The van der Waals surface area contributed by atoms with Crippen molar-refractivity contribution in [3.8, 4) is 5.75 Å². The maximum Gasteiger partial charge on any atom is 0.124 e. The first-order chi connectivity index (χ1) is 15.5. The van der Waals surface area contributed by atoms with Crippen molar-refractivity contribution in [1.29, 1.82) is 0 Å². The van der Waals surface area contributed by atoms with E-state index in [1.54, 1.807) is 12.1 Å². The average Bonchev–Trinajstić information content (AvgIpc) is 2.78. The quantitative estimate of drug-likeness (QED) is 0.390. The number of rotatable bonds is 7. The van der Waals surface area contributed by atoms with Crippen molar-refractivity contribution in [3.63, 3.8) is 0 Å². The van der Waals surface area contributed by atoms with Gasteiger partial charge in [0.2, 0.25) is 0 Å². The normalized spacial score (nSPS) is 13.8. The zero-order valence-corrected chi connectivity index (χ0v) is 19.5. The van der Waals surface area contributed by atoms with Crippen LogP contribution < -0.4 is 15.0 Å². The van der Waals surface area contributed by atoms with Crippen molar-refractivity contribution < 1.29 is 13.9 Å². The molecule has 8 heteroatoms. The van der Waals surface area contributed by atoms with Gasteiger partial charge in [-0.2, -0.15) is 0 Å². The smallest absolute Gasteiger partial charge is 0.124 e. The molecule has 4 rings (SSSR count). The monoisotopic (exact) mass is 494 g/mol. The zero-order valence-electron chi connectivity index (χ0n) is 17.2. The van der Waals surface area contributed by atoms with Crippen LogP contribution in [0.15, 0.2) is 54.6 Å². The fourth-order valence-corrected chi connectivity index (χ4v) is 4.21. The fraction of sp³-hybridized carbons (Fsp3) is 0.250. The Bertz CT molecular complexity index is 1090. The summed E-state index contributed by atoms with van der Waals surface area (Å²) < 4.78 is 24.6. The van der Waals surface area contributed by atoms with Gasteiger partial charge in [-0.1, -0.05) is 40.9 Å². The van der Waals surface area contributed by atoms with Gasteiger partial charge < -0.3 is 19.7 Å². The van der Waals surface area contributed by atoms with Gasteiger partial charge in [0.15, 0.2) is 0 Å². The van der Waals surface area contributed by atoms with E-state index >= 15 is 0 Å². The summed E-state index contributed by atoms with van der Waals surface area (Å²) in [4.78, 5) is 2.22. The molecule has 1 aliphatic heterocycles. The molecule has 1 aliphatic rings. The molecule has 1 N–H and O–H groups in total. The SMILES string of the molecule is Fc1ccc(COc2ccc(Cl)cc2CNc2ccc(N3CCOCC3)c(Cl)c2)c(Cl)c1. The lowest BCUT2D eigenvalue weighted by atomic mass is 10.1. The van der Waals surface area contributed by atoms with Gasteiger partial charge in [-0.15, -0.1) is 0 Å². The van der Waals surface area contributed by atoms with Gasteiger partial charge in [-0.05, 0) is 48.5 Å².